The van der Waals surface area contributed by atoms with Gasteiger partial charge in [-0.25, -0.2) is 13.1 Å². The van der Waals surface area contributed by atoms with Crippen molar-refractivity contribution < 1.29 is 8.42 Å². The fraction of sp³-hybridized carbons (Fsp3) is 0.200. The first-order chi connectivity index (χ1) is 9.87. The molecule has 3 nitrogen and oxygen atoms in total. The van der Waals surface area contributed by atoms with E-state index >= 15 is 0 Å². The Morgan fingerprint density at radius 2 is 1.76 bits per heavy atom. The summed E-state index contributed by atoms with van der Waals surface area (Å²) in [6, 6.07) is 16.2. The van der Waals surface area contributed by atoms with Crippen LogP contribution in [0.2, 0.25) is 0 Å². The number of halogens is 2. The lowest BCUT2D eigenvalue weighted by molar-refractivity contribution is 0.482. The quantitative estimate of drug-likeness (QED) is 0.724. The molecule has 0 aromatic heterocycles. The van der Waals surface area contributed by atoms with Crippen LogP contribution >= 0.6 is 31.9 Å². The summed E-state index contributed by atoms with van der Waals surface area (Å²) in [7, 11) is -3.61. The minimum atomic E-state index is -3.61. The molecule has 0 fully saturated rings. The number of hydrogen-bond donors (Lipinski definition) is 1. The Labute approximate surface area is 142 Å². The van der Waals surface area contributed by atoms with Gasteiger partial charge in [-0.05, 0) is 30.7 Å². The normalized spacial score (nSPS) is 14.6. The molecule has 0 spiro atoms. The highest BCUT2D eigenvalue weighted by Gasteiger charge is 2.31. The van der Waals surface area contributed by atoms with E-state index in [1.54, 1.807) is 24.3 Å². The second-order valence-electron chi connectivity index (χ2n) is 4.89. The van der Waals surface area contributed by atoms with E-state index in [0.717, 1.165) is 10.0 Å². The summed E-state index contributed by atoms with van der Waals surface area (Å²) in [5.74, 6) is 0. The number of sulfonamides is 1. The summed E-state index contributed by atoms with van der Waals surface area (Å²) in [4.78, 5) is 0.236. The van der Waals surface area contributed by atoms with Crippen LogP contribution in [0.4, 0.5) is 0 Å². The van der Waals surface area contributed by atoms with Gasteiger partial charge in [0, 0.05) is 9.80 Å². The molecule has 0 amide bonds. The molecule has 6 heteroatoms. The van der Waals surface area contributed by atoms with Crippen LogP contribution in [0.3, 0.4) is 0 Å². The van der Waals surface area contributed by atoms with Crippen LogP contribution in [0.15, 0.2) is 64.0 Å². The van der Waals surface area contributed by atoms with Crippen LogP contribution in [0.5, 0.6) is 0 Å². The van der Waals surface area contributed by atoms with Gasteiger partial charge in [-0.1, -0.05) is 68.3 Å². The highest BCUT2D eigenvalue weighted by molar-refractivity contribution is 9.10. The van der Waals surface area contributed by atoms with E-state index < -0.39 is 15.6 Å². The van der Waals surface area contributed by atoms with Crippen LogP contribution in [0.1, 0.15) is 12.5 Å². The molecular formula is C15H15Br2NO2S. The minimum Gasteiger partial charge on any atom is -0.207 e. The monoisotopic (exact) mass is 431 g/mol. The van der Waals surface area contributed by atoms with E-state index in [0.29, 0.717) is 5.33 Å². The van der Waals surface area contributed by atoms with Crippen molar-refractivity contribution in [2.45, 2.75) is 17.4 Å². The molecule has 0 saturated carbocycles. The average molecular weight is 433 g/mol. The van der Waals surface area contributed by atoms with Gasteiger partial charge in [0.15, 0.2) is 0 Å². The van der Waals surface area contributed by atoms with Crippen LogP contribution < -0.4 is 4.72 Å². The Kier molecular flexibility index (Phi) is 5.24. The maximum absolute atomic E-state index is 12.6. The molecule has 2 rings (SSSR count). The first kappa shape index (κ1) is 16.7. The molecule has 112 valence electrons. The first-order valence-corrected chi connectivity index (χ1v) is 9.68. The largest absolute Gasteiger partial charge is 0.241 e. The summed E-state index contributed by atoms with van der Waals surface area (Å²) < 4.78 is 28.7. The van der Waals surface area contributed by atoms with E-state index in [2.05, 4.69) is 36.6 Å². The van der Waals surface area contributed by atoms with Crippen molar-refractivity contribution in [3.05, 3.63) is 64.6 Å². The number of alkyl halides is 1. The lowest BCUT2D eigenvalue weighted by atomic mass is 9.96. The minimum absolute atomic E-state index is 0.236. The Morgan fingerprint density at radius 3 is 2.33 bits per heavy atom. The van der Waals surface area contributed by atoms with Crippen molar-refractivity contribution in [3.63, 3.8) is 0 Å². The number of hydrogen-bond acceptors (Lipinski definition) is 2. The third kappa shape index (κ3) is 3.94. The van der Waals surface area contributed by atoms with E-state index in [4.69, 9.17) is 0 Å². The number of rotatable bonds is 5. The molecular weight excluding hydrogens is 418 g/mol. The van der Waals surface area contributed by atoms with Gasteiger partial charge in [-0.15, -0.1) is 0 Å². The standard InChI is InChI=1S/C15H15Br2NO2S/c1-15(11-16,12-6-3-2-4-7-12)18-21(19,20)14-9-5-8-13(17)10-14/h2-10,18H,11H2,1H3. The van der Waals surface area contributed by atoms with Gasteiger partial charge in [0.25, 0.3) is 0 Å². The van der Waals surface area contributed by atoms with Crippen molar-refractivity contribution in [3.8, 4) is 0 Å². The fourth-order valence-electron chi connectivity index (χ4n) is 1.96. The molecule has 21 heavy (non-hydrogen) atoms. The molecule has 0 saturated heterocycles. The van der Waals surface area contributed by atoms with Crippen molar-refractivity contribution >= 4 is 41.9 Å². The summed E-state index contributed by atoms with van der Waals surface area (Å²) in [5, 5.41) is 0.469. The zero-order chi connectivity index (χ0) is 15.5. The Hall–Kier alpha value is -0.690. The number of nitrogens with one attached hydrogen (secondary N) is 1. The smallest absolute Gasteiger partial charge is 0.207 e. The van der Waals surface area contributed by atoms with Crippen LogP contribution in [0, 0.1) is 0 Å². The molecule has 0 radical (unpaired) electrons. The molecule has 2 aromatic carbocycles. The summed E-state index contributed by atoms with van der Waals surface area (Å²) >= 11 is 6.71. The summed E-state index contributed by atoms with van der Waals surface area (Å²) in [5.41, 5.74) is 0.183. The van der Waals surface area contributed by atoms with Crippen molar-refractivity contribution in [1.29, 1.82) is 0 Å². The van der Waals surface area contributed by atoms with E-state index in [1.165, 1.54) is 0 Å². The maximum atomic E-state index is 12.6. The summed E-state index contributed by atoms with van der Waals surface area (Å²) in [6.07, 6.45) is 0. The second kappa shape index (κ2) is 6.60. The third-order valence-corrected chi connectivity index (χ3v) is 6.35. The highest BCUT2D eigenvalue weighted by Crippen LogP contribution is 2.26. The van der Waals surface area contributed by atoms with Gasteiger partial charge < -0.3 is 0 Å². The van der Waals surface area contributed by atoms with E-state index in [1.807, 2.05) is 37.3 Å². The Bertz CT molecular complexity index is 719. The number of benzene rings is 2. The lowest BCUT2D eigenvalue weighted by Gasteiger charge is -2.29. The molecule has 0 aliphatic heterocycles. The van der Waals surface area contributed by atoms with Crippen molar-refractivity contribution in [2.24, 2.45) is 0 Å². The van der Waals surface area contributed by atoms with E-state index in [9.17, 15) is 8.42 Å². The highest BCUT2D eigenvalue weighted by atomic mass is 79.9. The van der Waals surface area contributed by atoms with Gasteiger partial charge in [0.1, 0.15) is 0 Å². The zero-order valence-electron chi connectivity index (χ0n) is 11.4. The molecule has 1 atom stereocenters. The molecule has 0 aliphatic carbocycles. The molecule has 1 N–H and O–H groups in total. The predicted molar refractivity (Wildman–Crippen MR) is 92.1 cm³/mol. The molecule has 2 aromatic rings. The van der Waals surface area contributed by atoms with Gasteiger partial charge in [0.05, 0.1) is 10.4 Å². The average Bonchev–Trinajstić information content (AvgIpc) is 2.47. The van der Waals surface area contributed by atoms with Crippen LogP contribution in [-0.4, -0.2) is 13.7 Å². The Balaban J connectivity index is 2.38. The molecule has 1 unspecified atom stereocenters. The summed E-state index contributed by atoms with van der Waals surface area (Å²) in [6.45, 7) is 1.85. The van der Waals surface area contributed by atoms with Gasteiger partial charge >= 0.3 is 0 Å². The van der Waals surface area contributed by atoms with Gasteiger partial charge in [0.2, 0.25) is 10.0 Å². The lowest BCUT2D eigenvalue weighted by Crippen LogP contribution is -2.44. The van der Waals surface area contributed by atoms with Crippen molar-refractivity contribution in [1.82, 2.24) is 4.72 Å². The predicted octanol–water partition coefficient (Wildman–Crippen LogP) is 4.04. The molecule has 0 aliphatic rings. The van der Waals surface area contributed by atoms with Crippen LogP contribution in [-0.2, 0) is 15.6 Å². The fourth-order valence-corrected chi connectivity index (χ4v) is 4.60. The Morgan fingerprint density at radius 1 is 1.10 bits per heavy atom. The van der Waals surface area contributed by atoms with Gasteiger partial charge in [-0.3, -0.25) is 0 Å². The van der Waals surface area contributed by atoms with Crippen molar-refractivity contribution in [2.75, 3.05) is 5.33 Å². The second-order valence-corrected chi connectivity index (χ2v) is 8.05. The molecule has 0 bridgehead atoms. The SMILES string of the molecule is CC(CBr)(NS(=O)(=O)c1cccc(Br)c1)c1ccccc1. The topological polar surface area (TPSA) is 46.2 Å². The zero-order valence-corrected chi connectivity index (χ0v) is 15.4. The molecule has 0 heterocycles. The van der Waals surface area contributed by atoms with Crippen LogP contribution in [0.25, 0.3) is 0 Å². The van der Waals surface area contributed by atoms with Gasteiger partial charge in [-0.2, -0.15) is 0 Å². The van der Waals surface area contributed by atoms with E-state index in [-0.39, 0.29) is 4.90 Å². The first-order valence-electron chi connectivity index (χ1n) is 6.28. The third-order valence-electron chi connectivity index (χ3n) is 3.14. The maximum Gasteiger partial charge on any atom is 0.241 e.